The van der Waals surface area contributed by atoms with Crippen molar-refractivity contribution in [3.05, 3.63) is 11.6 Å². The average Bonchev–Trinajstić information content (AvgIpc) is 1.85. The monoisotopic (exact) mass is 149 g/mol. The van der Waals surface area contributed by atoms with Gasteiger partial charge in [0, 0.05) is 6.08 Å². The van der Waals surface area contributed by atoms with Crippen molar-refractivity contribution in [2.75, 3.05) is 0 Å². The third-order valence-corrected chi connectivity index (χ3v) is 2.33. The molecule has 0 aromatic rings. The van der Waals surface area contributed by atoms with Crippen LogP contribution < -0.4 is 0 Å². The third kappa shape index (κ3) is 2.38. The smallest absolute Gasteiger partial charge is 0.0911 e. The van der Waals surface area contributed by atoms with Gasteiger partial charge >= 0.3 is 0 Å². The lowest BCUT2D eigenvalue weighted by atomic mass is 9.75. The first kappa shape index (κ1) is 8.33. The van der Waals surface area contributed by atoms with Crippen molar-refractivity contribution in [2.45, 2.75) is 39.5 Å². The summed E-state index contributed by atoms with van der Waals surface area (Å²) < 4.78 is 0. The lowest BCUT2D eigenvalue weighted by Gasteiger charge is -2.30. The van der Waals surface area contributed by atoms with Gasteiger partial charge in [0.15, 0.2) is 0 Å². The molecule has 0 amide bonds. The van der Waals surface area contributed by atoms with E-state index in [0.717, 1.165) is 12.8 Å². The second-order valence-electron chi connectivity index (χ2n) is 4.13. The van der Waals surface area contributed by atoms with Crippen LogP contribution in [0.25, 0.3) is 0 Å². The van der Waals surface area contributed by atoms with E-state index in [-0.39, 0.29) is 0 Å². The molecule has 0 atom stereocenters. The molecule has 60 valence electrons. The van der Waals surface area contributed by atoms with Crippen LogP contribution in [0.1, 0.15) is 39.5 Å². The average molecular weight is 149 g/mol. The minimum absolute atomic E-state index is 0.431. The molecule has 0 bridgehead atoms. The first-order valence-corrected chi connectivity index (χ1v) is 4.22. The Morgan fingerprint density at radius 2 is 2.27 bits per heavy atom. The molecule has 0 aromatic carbocycles. The van der Waals surface area contributed by atoms with Gasteiger partial charge in [-0.1, -0.05) is 19.4 Å². The Kier molecular flexibility index (Phi) is 2.34. The van der Waals surface area contributed by atoms with Gasteiger partial charge in [-0.25, -0.2) is 0 Å². The van der Waals surface area contributed by atoms with E-state index in [1.165, 1.54) is 18.4 Å². The van der Waals surface area contributed by atoms with E-state index in [9.17, 15) is 0 Å². The molecule has 0 aliphatic heterocycles. The summed E-state index contributed by atoms with van der Waals surface area (Å²) in [5, 5.41) is 8.46. The molecule has 0 unspecified atom stereocenters. The lowest BCUT2D eigenvalue weighted by Crippen LogP contribution is -2.16. The summed E-state index contributed by atoms with van der Waals surface area (Å²) in [6.07, 6.45) is 6.52. The van der Waals surface area contributed by atoms with Gasteiger partial charge in [0.1, 0.15) is 0 Å². The topological polar surface area (TPSA) is 23.8 Å². The highest BCUT2D eigenvalue weighted by Crippen LogP contribution is 2.37. The fourth-order valence-corrected chi connectivity index (χ4v) is 1.80. The molecule has 0 spiro atoms. The normalized spacial score (nSPS) is 26.5. The van der Waals surface area contributed by atoms with E-state index in [1.807, 2.05) is 0 Å². The second-order valence-corrected chi connectivity index (χ2v) is 4.13. The Labute approximate surface area is 68.7 Å². The molecule has 1 rings (SSSR count). The van der Waals surface area contributed by atoms with E-state index < -0.39 is 0 Å². The SMILES string of the molecule is CC1(C)CCCC(=CC#N)C1. The summed E-state index contributed by atoms with van der Waals surface area (Å²) in [5.41, 5.74) is 1.77. The first-order chi connectivity index (χ1) is 5.14. The Morgan fingerprint density at radius 1 is 1.55 bits per heavy atom. The van der Waals surface area contributed by atoms with Gasteiger partial charge in [-0.15, -0.1) is 0 Å². The molecule has 1 heteroatoms. The summed E-state index contributed by atoms with van der Waals surface area (Å²) in [6, 6.07) is 2.11. The number of hydrogen-bond donors (Lipinski definition) is 0. The lowest BCUT2D eigenvalue weighted by molar-refractivity contribution is 0.289. The molecule has 1 aliphatic rings. The van der Waals surface area contributed by atoms with Crippen LogP contribution in [0, 0.1) is 16.7 Å². The van der Waals surface area contributed by atoms with Crippen molar-refractivity contribution < 1.29 is 0 Å². The van der Waals surface area contributed by atoms with E-state index >= 15 is 0 Å². The second kappa shape index (κ2) is 3.09. The molecule has 1 nitrogen and oxygen atoms in total. The van der Waals surface area contributed by atoms with Crippen LogP contribution in [-0.2, 0) is 0 Å². The molecule has 0 N–H and O–H groups in total. The van der Waals surface area contributed by atoms with Crippen LogP contribution in [0.5, 0.6) is 0 Å². The molecule has 0 saturated heterocycles. The van der Waals surface area contributed by atoms with Crippen LogP contribution in [0.3, 0.4) is 0 Å². The molecule has 1 aliphatic carbocycles. The van der Waals surface area contributed by atoms with Gasteiger partial charge in [0.25, 0.3) is 0 Å². The minimum atomic E-state index is 0.431. The standard InChI is InChI=1S/C10H15N/c1-10(2)6-3-4-9(8-10)5-7-11/h5H,3-4,6,8H2,1-2H3. The fourth-order valence-electron chi connectivity index (χ4n) is 1.80. The Bertz CT molecular complexity index is 205. The van der Waals surface area contributed by atoms with Crippen molar-refractivity contribution in [1.29, 1.82) is 5.26 Å². The summed E-state index contributed by atoms with van der Waals surface area (Å²) in [4.78, 5) is 0. The number of allylic oxidation sites excluding steroid dienone is 2. The van der Waals surface area contributed by atoms with E-state index in [2.05, 4.69) is 19.9 Å². The van der Waals surface area contributed by atoms with E-state index in [4.69, 9.17) is 5.26 Å². The van der Waals surface area contributed by atoms with Crippen molar-refractivity contribution in [1.82, 2.24) is 0 Å². The molecule has 1 fully saturated rings. The predicted octanol–water partition coefficient (Wildman–Crippen LogP) is 3.04. The maximum absolute atomic E-state index is 8.46. The number of nitriles is 1. The number of rotatable bonds is 0. The van der Waals surface area contributed by atoms with E-state index in [1.54, 1.807) is 6.08 Å². The maximum Gasteiger partial charge on any atom is 0.0911 e. The summed E-state index contributed by atoms with van der Waals surface area (Å²) >= 11 is 0. The van der Waals surface area contributed by atoms with Gasteiger partial charge in [0.2, 0.25) is 0 Å². The Hall–Kier alpha value is -0.770. The molecule has 11 heavy (non-hydrogen) atoms. The minimum Gasteiger partial charge on any atom is -0.193 e. The zero-order valence-electron chi connectivity index (χ0n) is 7.35. The highest BCUT2D eigenvalue weighted by atomic mass is 14.3. The van der Waals surface area contributed by atoms with Crippen LogP contribution >= 0.6 is 0 Å². The predicted molar refractivity (Wildman–Crippen MR) is 45.9 cm³/mol. The van der Waals surface area contributed by atoms with Gasteiger partial charge < -0.3 is 0 Å². The molecular formula is C10H15N. The van der Waals surface area contributed by atoms with Gasteiger partial charge in [-0.3, -0.25) is 0 Å². The molecule has 1 saturated carbocycles. The van der Waals surface area contributed by atoms with Gasteiger partial charge in [0.05, 0.1) is 6.07 Å². The first-order valence-electron chi connectivity index (χ1n) is 4.22. The Morgan fingerprint density at radius 3 is 2.82 bits per heavy atom. The number of hydrogen-bond acceptors (Lipinski definition) is 1. The highest BCUT2D eigenvalue weighted by molar-refractivity contribution is 5.16. The Balaban J connectivity index is 2.62. The largest absolute Gasteiger partial charge is 0.193 e. The zero-order chi connectivity index (χ0) is 8.32. The highest BCUT2D eigenvalue weighted by Gasteiger charge is 2.23. The fraction of sp³-hybridized carbons (Fsp3) is 0.700. The van der Waals surface area contributed by atoms with Gasteiger partial charge in [-0.05, 0) is 31.1 Å². The van der Waals surface area contributed by atoms with Crippen LogP contribution in [0.15, 0.2) is 11.6 Å². The molecule has 0 aromatic heterocycles. The quantitative estimate of drug-likeness (QED) is 0.486. The third-order valence-electron chi connectivity index (χ3n) is 2.33. The van der Waals surface area contributed by atoms with Crippen LogP contribution in [-0.4, -0.2) is 0 Å². The molecule has 0 heterocycles. The summed E-state index contributed by atoms with van der Waals surface area (Å²) in [6.45, 7) is 4.55. The van der Waals surface area contributed by atoms with Crippen molar-refractivity contribution in [2.24, 2.45) is 5.41 Å². The van der Waals surface area contributed by atoms with Crippen LogP contribution in [0.4, 0.5) is 0 Å². The summed E-state index contributed by atoms with van der Waals surface area (Å²) in [7, 11) is 0. The van der Waals surface area contributed by atoms with Crippen molar-refractivity contribution >= 4 is 0 Å². The van der Waals surface area contributed by atoms with Crippen molar-refractivity contribution in [3.63, 3.8) is 0 Å². The molecular weight excluding hydrogens is 134 g/mol. The van der Waals surface area contributed by atoms with Gasteiger partial charge in [-0.2, -0.15) is 5.26 Å². The zero-order valence-corrected chi connectivity index (χ0v) is 7.35. The van der Waals surface area contributed by atoms with Crippen molar-refractivity contribution in [3.8, 4) is 6.07 Å². The number of nitrogens with zero attached hydrogens (tertiary/aromatic N) is 1. The van der Waals surface area contributed by atoms with E-state index in [0.29, 0.717) is 5.41 Å². The van der Waals surface area contributed by atoms with Crippen LogP contribution in [0.2, 0.25) is 0 Å². The summed E-state index contributed by atoms with van der Waals surface area (Å²) in [5.74, 6) is 0. The molecule has 0 radical (unpaired) electrons. The maximum atomic E-state index is 8.46.